The first-order valence-electron chi connectivity index (χ1n) is 10.1. The van der Waals surface area contributed by atoms with E-state index < -0.39 is 19.3 Å². The predicted octanol–water partition coefficient (Wildman–Crippen LogP) is 6.12. The molecule has 6 heteroatoms. The van der Waals surface area contributed by atoms with Gasteiger partial charge in [-0.1, -0.05) is 59.2 Å². The number of ketones is 1. The van der Waals surface area contributed by atoms with Gasteiger partial charge in [0.2, 0.25) is 0 Å². The molecule has 1 aliphatic rings. The van der Waals surface area contributed by atoms with Crippen molar-refractivity contribution < 1.29 is 23.4 Å². The zero-order chi connectivity index (χ0) is 22.9. The Balaban J connectivity index is 3.33. The molecular weight excluding hydrogens is 399 g/mol. The van der Waals surface area contributed by atoms with Crippen LogP contribution >= 0.6 is 7.37 Å². The number of rotatable bonds is 11. The number of ether oxygens (including phenoxy) is 1. The normalized spacial score (nSPS) is 22.7. The molecule has 164 valence electrons. The summed E-state index contributed by atoms with van der Waals surface area (Å²) in [5, 5.41) is 0.341. The molecule has 0 aromatic rings. The minimum absolute atomic E-state index is 0.0522. The standard InChI is InChI=1S/C24H33O5P/c1-8-11-22-18(6)19(7)23(12-9-2)30(27,29-22)16-20(24(26)28-13-10-3)15-21(25)14-17(4)5/h8-9,11-12,17,20H,1-2,6-7,10,13-16H2,3-5H3/b22-11+,23-12+. The van der Waals surface area contributed by atoms with Gasteiger partial charge in [-0.3, -0.25) is 14.2 Å². The fourth-order valence-electron chi connectivity index (χ4n) is 3.12. The van der Waals surface area contributed by atoms with E-state index in [2.05, 4.69) is 26.3 Å². The summed E-state index contributed by atoms with van der Waals surface area (Å²) in [5.74, 6) is -1.06. The highest BCUT2D eigenvalue weighted by Crippen LogP contribution is 2.65. The molecule has 0 spiro atoms. The van der Waals surface area contributed by atoms with Crippen molar-refractivity contribution in [2.45, 2.75) is 40.0 Å². The maximum atomic E-state index is 14.0. The van der Waals surface area contributed by atoms with Crippen LogP contribution in [0.5, 0.6) is 0 Å². The van der Waals surface area contributed by atoms with Crippen molar-refractivity contribution in [3.8, 4) is 0 Å². The van der Waals surface area contributed by atoms with E-state index in [9.17, 15) is 14.2 Å². The van der Waals surface area contributed by atoms with Gasteiger partial charge in [0, 0.05) is 18.4 Å². The maximum absolute atomic E-state index is 14.0. The Morgan fingerprint density at radius 2 is 1.73 bits per heavy atom. The van der Waals surface area contributed by atoms with E-state index >= 15 is 0 Å². The van der Waals surface area contributed by atoms with Crippen LogP contribution < -0.4 is 0 Å². The average Bonchev–Trinajstić information content (AvgIpc) is 2.66. The van der Waals surface area contributed by atoms with E-state index in [-0.39, 0.29) is 36.6 Å². The largest absolute Gasteiger partial charge is 0.465 e. The van der Waals surface area contributed by atoms with Gasteiger partial charge in [-0.05, 0) is 30.1 Å². The number of Topliss-reactive ketones (excluding diaryl/α,β-unsaturated/α-hetero) is 1. The lowest BCUT2D eigenvalue weighted by molar-refractivity contribution is -0.149. The molecular formula is C24H33O5P. The molecule has 0 saturated carbocycles. The average molecular weight is 432 g/mol. The third-order valence-corrected chi connectivity index (χ3v) is 7.05. The second-order valence-corrected chi connectivity index (χ2v) is 10.0. The molecule has 30 heavy (non-hydrogen) atoms. The molecule has 1 saturated heterocycles. The molecule has 0 aromatic carbocycles. The minimum atomic E-state index is -3.59. The quantitative estimate of drug-likeness (QED) is 0.290. The van der Waals surface area contributed by atoms with Crippen molar-refractivity contribution in [3.63, 3.8) is 0 Å². The Kier molecular flexibility index (Phi) is 10.0. The van der Waals surface area contributed by atoms with Gasteiger partial charge < -0.3 is 9.26 Å². The van der Waals surface area contributed by atoms with E-state index in [0.29, 0.717) is 29.3 Å². The van der Waals surface area contributed by atoms with E-state index in [1.54, 1.807) is 12.2 Å². The van der Waals surface area contributed by atoms with Gasteiger partial charge in [-0.15, -0.1) is 0 Å². The van der Waals surface area contributed by atoms with Gasteiger partial charge in [0.25, 0.3) is 7.37 Å². The summed E-state index contributed by atoms with van der Waals surface area (Å²) >= 11 is 0. The number of esters is 1. The van der Waals surface area contributed by atoms with Crippen LogP contribution in [-0.2, 0) is 23.4 Å². The highest BCUT2D eigenvalue weighted by Gasteiger charge is 2.42. The van der Waals surface area contributed by atoms with E-state index in [1.807, 2.05) is 20.8 Å². The summed E-state index contributed by atoms with van der Waals surface area (Å²) in [6, 6.07) is 0. The van der Waals surface area contributed by atoms with Crippen LogP contribution in [0.15, 0.2) is 72.8 Å². The van der Waals surface area contributed by atoms with Gasteiger partial charge in [-0.2, -0.15) is 0 Å². The van der Waals surface area contributed by atoms with Crippen molar-refractivity contribution in [3.05, 3.63) is 72.8 Å². The summed E-state index contributed by atoms with van der Waals surface area (Å²) in [6.45, 7) is 21.2. The molecule has 5 nitrogen and oxygen atoms in total. The van der Waals surface area contributed by atoms with Crippen LogP contribution in [0, 0.1) is 11.8 Å². The maximum Gasteiger partial charge on any atom is 0.309 e. The lowest BCUT2D eigenvalue weighted by Gasteiger charge is -2.33. The second-order valence-electron chi connectivity index (χ2n) is 7.66. The van der Waals surface area contributed by atoms with Crippen LogP contribution in [-0.4, -0.2) is 24.5 Å². The summed E-state index contributed by atoms with van der Waals surface area (Å²) < 4.78 is 25.1. The monoisotopic (exact) mass is 432 g/mol. The molecule has 0 aromatic heterocycles. The summed E-state index contributed by atoms with van der Waals surface area (Å²) in [4.78, 5) is 25.1. The fourth-order valence-corrected chi connectivity index (χ4v) is 5.71. The lowest BCUT2D eigenvalue weighted by atomic mass is 9.98. The highest BCUT2D eigenvalue weighted by atomic mass is 31.2. The van der Waals surface area contributed by atoms with Gasteiger partial charge in [-0.25, -0.2) is 0 Å². The van der Waals surface area contributed by atoms with Gasteiger partial charge >= 0.3 is 5.97 Å². The van der Waals surface area contributed by atoms with Gasteiger partial charge in [0.05, 0.1) is 24.0 Å². The molecule has 1 rings (SSSR count). The van der Waals surface area contributed by atoms with E-state index in [0.717, 1.165) is 0 Å². The SMILES string of the molecule is C=C/C=C1/OP(=O)(CC(CC(=O)CC(C)C)C(=O)OCCC)/C(=C/C=C)C(=C)C1=C. The zero-order valence-corrected chi connectivity index (χ0v) is 19.2. The van der Waals surface area contributed by atoms with E-state index in [4.69, 9.17) is 9.26 Å². The van der Waals surface area contributed by atoms with Crippen LogP contribution in [0.3, 0.4) is 0 Å². The van der Waals surface area contributed by atoms with Crippen molar-refractivity contribution in [2.24, 2.45) is 11.8 Å². The number of carbonyl (C=O) groups is 2. The molecule has 0 bridgehead atoms. The molecule has 2 unspecified atom stereocenters. The molecule has 1 heterocycles. The van der Waals surface area contributed by atoms with Crippen molar-refractivity contribution in [1.82, 2.24) is 0 Å². The third-order valence-electron chi connectivity index (χ3n) is 4.48. The highest BCUT2D eigenvalue weighted by molar-refractivity contribution is 7.64. The Morgan fingerprint density at radius 1 is 1.10 bits per heavy atom. The predicted molar refractivity (Wildman–Crippen MR) is 122 cm³/mol. The van der Waals surface area contributed by atoms with E-state index in [1.165, 1.54) is 12.2 Å². The molecule has 1 fully saturated rings. The smallest absolute Gasteiger partial charge is 0.309 e. The lowest BCUT2D eigenvalue weighted by Crippen LogP contribution is -2.27. The molecule has 0 radical (unpaired) electrons. The van der Waals surface area contributed by atoms with Crippen LogP contribution in [0.4, 0.5) is 0 Å². The number of hydrogen-bond donors (Lipinski definition) is 0. The van der Waals surface area contributed by atoms with Crippen LogP contribution in [0.1, 0.15) is 40.0 Å². The summed E-state index contributed by atoms with van der Waals surface area (Å²) in [6.07, 6.45) is 6.87. The number of hydrogen-bond acceptors (Lipinski definition) is 5. The minimum Gasteiger partial charge on any atom is -0.465 e. The molecule has 0 N–H and O–H groups in total. The Hall–Kier alpha value is -2.39. The molecule has 1 aliphatic heterocycles. The van der Waals surface area contributed by atoms with Gasteiger partial charge in [0.1, 0.15) is 11.5 Å². The summed E-state index contributed by atoms with van der Waals surface area (Å²) in [7, 11) is -3.59. The molecule has 0 amide bonds. The fraction of sp³-hybridized carbons (Fsp3) is 0.417. The molecule has 2 atom stereocenters. The van der Waals surface area contributed by atoms with Crippen LogP contribution in [0.2, 0.25) is 0 Å². The zero-order valence-electron chi connectivity index (χ0n) is 18.3. The first-order valence-corrected chi connectivity index (χ1v) is 11.9. The number of allylic oxidation sites excluding steroid dienone is 6. The third kappa shape index (κ3) is 6.84. The van der Waals surface area contributed by atoms with Crippen molar-refractivity contribution in [2.75, 3.05) is 12.8 Å². The Labute approximate surface area is 180 Å². The number of carbonyl (C=O) groups excluding carboxylic acids is 2. The first kappa shape index (κ1) is 25.6. The second kappa shape index (κ2) is 11.7. The first-order chi connectivity index (χ1) is 14.1. The van der Waals surface area contributed by atoms with Crippen molar-refractivity contribution in [1.29, 1.82) is 0 Å². The van der Waals surface area contributed by atoms with Crippen molar-refractivity contribution >= 4 is 19.1 Å². The summed E-state index contributed by atoms with van der Waals surface area (Å²) in [5.41, 5.74) is 0.933. The molecule has 0 aliphatic carbocycles. The Morgan fingerprint density at radius 3 is 2.27 bits per heavy atom. The van der Waals surface area contributed by atoms with Gasteiger partial charge in [0.15, 0.2) is 0 Å². The Bertz CT molecular complexity index is 829. The van der Waals surface area contributed by atoms with Crippen LogP contribution in [0.25, 0.3) is 0 Å². The topological polar surface area (TPSA) is 69.7 Å².